The Morgan fingerprint density at radius 3 is 2.89 bits per heavy atom. The molecule has 2 heterocycles. The van der Waals surface area contributed by atoms with E-state index in [4.69, 9.17) is 23.2 Å². The third kappa shape index (κ3) is 3.16. The molecule has 1 saturated heterocycles. The molecule has 1 unspecified atom stereocenters. The van der Waals surface area contributed by atoms with Gasteiger partial charge in [-0.3, -0.25) is 4.79 Å². The Kier molecular flexibility index (Phi) is 4.28. The summed E-state index contributed by atoms with van der Waals surface area (Å²) in [6.07, 6.45) is 3.33. The number of amides is 1. The highest BCUT2D eigenvalue weighted by Gasteiger charge is 2.37. The molecule has 1 fully saturated rings. The van der Waals surface area contributed by atoms with Gasteiger partial charge in [0.2, 0.25) is 5.91 Å². The van der Waals surface area contributed by atoms with E-state index in [1.807, 2.05) is 0 Å². The number of anilines is 1. The molecule has 19 heavy (non-hydrogen) atoms. The molecule has 0 radical (unpaired) electrons. The van der Waals surface area contributed by atoms with Gasteiger partial charge < -0.3 is 10.6 Å². The summed E-state index contributed by atoms with van der Waals surface area (Å²) in [7, 11) is 0. The van der Waals surface area contributed by atoms with E-state index in [-0.39, 0.29) is 33.4 Å². The molecule has 0 aliphatic carbocycles. The predicted octanol–water partition coefficient (Wildman–Crippen LogP) is 2.50. The van der Waals surface area contributed by atoms with Crippen LogP contribution in [0.2, 0.25) is 10.2 Å². The highest BCUT2D eigenvalue weighted by molar-refractivity contribution is 6.42. The first-order valence-electron chi connectivity index (χ1n) is 6.12. The zero-order valence-corrected chi connectivity index (χ0v) is 12.3. The number of nitrogens with one attached hydrogen (secondary N) is 2. The van der Waals surface area contributed by atoms with Crippen LogP contribution in [0.5, 0.6) is 0 Å². The van der Waals surface area contributed by atoms with Crippen LogP contribution in [0.1, 0.15) is 26.7 Å². The van der Waals surface area contributed by atoms with Gasteiger partial charge in [0.25, 0.3) is 0 Å². The Bertz CT molecular complexity index is 493. The Hall–Kier alpha value is -0.910. The molecule has 2 rings (SSSR count). The Morgan fingerprint density at radius 2 is 2.21 bits per heavy atom. The highest BCUT2D eigenvalue weighted by atomic mass is 35.5. The molecule has 1 aliphatic heterocycles. The van der Waals surface area contributed by atoms with Crippen LogP contribution in [-0.4, -0.2) is 28.5 Å². The maximum atomic E-state index is 12.3. The topological polar surface area (TPSA) is 66.9 Å². The predicted molar refractivity (Wildman–Crippen MR) is 75.5 cm³/mol. The minimum atomic E-state index is -0.272. The van der Waals surface area contributed by atoms with E-state index in [1.165, 1.54) is 6.33 Å². The monoisotopic (exact) mass is 302 g/mol. The van der Waals surface area contributed by atoms with Gasteiger partial charge in [-0.25, -0.2) is 9.97 Å². The normalized spacial score (nSPS) is 22.0. The molecule has 104 valence electrons. The van der Waals surface area contributed by atoms with E-state index >= 15 is 0 Å². The molecule has 5 nitrogen and oxygen atoms in total. The number of hydrogen-bond acceptors (Lipinski definition) is 4. The van der Waals surface area contributed by atoms with Gasteiger partial charge in [0.1, 0.15) is 11.3 Å². The van der Waals surface area contributed by atoms with E-state index in [9.17, 15) is 4.79 Å². The fourth-order valence-electron chi connectivity index (χ4n) is 2.28. The second kappa shape index (κ2) is 5.61. The first kappa shape index (κ1) is 14.5. The smallest absolute Gasteiger partial charge is 0.243 e. The van der Waals surface area contributed by atoms with Crippen LogP contribution < -0.4 is 10.6 Å². The third-order valence-corrected chi connectivity index (χ3v) is 4.12. The van der Waals surface area contributed by atoms with Gasteiger partial charge in [-0.15, -0.1) is 0 Å². The summed E-state index contributed by atoms with van der Waals surface area (Å²) in [5.74, 6) is 0.0937. The number of carbonyl (C=O) groups excluding carboxylic acids is 1. The summed E-state index contributed by atoms with van der Waals surface area (Å²) in [5.41, 5.74) is -0.106. The molecule has 0 aromatic carbocycles. The van der Waals surface area contributed by atoms with Gasteiger partial charge in [0, 0.05) is 0 Å². The summed E-state index contributed by atoms with van der Waals surface area (Å²) in [5, 5.41) is 6.23. The lowest BCUT2D eigenvalue weighted by atomic mass is 9.77. The first-order valence-corrected chi connectivity index (χ1v) is 6.87. The summed E-state index contributed by atoms with van der Waals surface area (Å²) >= 11 is 11.7. The zero-order valence-electron chi connectivity index (χ0n) is 10.8. The minimum Gasteiger partial charge on any atom is -0.308 e. The Labute approximate surface area is 122 Å². The average Bonchev–Trinajstić information content (AvgIpc) is 2.34. The van der Waals surface area contributed by atoms with Crippen molar-refractivity contribution in [2.45, 2.75) is 32.7 Å². The van der Waals surface area contributed by atoms with Crippen molar-refractivity contribution in [3.63, 3.8) is 0 Å². The van der Waals surface area contributed by atoms with Crippen LogP contribution in [0.15, 0.2) is 6.33 Å². The van der Waals surface area contributed by atoms with Crippen molar-refractivity contribution in [2.75, 3.05) is 11.9 Å². The highest BCUT2D eigenvalue weighted by Crippen LogP contribution is 2.31. The lowest BCUT2D eigenvalue weighted by Gasteiger charge is -2.38. The van der Waals surface area contributed by atoms with Crippen molar-refractivity contribution in [3.05, 3.63) is 16.5 Å². The number of carbonyl (C=O) groups is 1. The fraction of sp³-hybridized carbons (Fsp3) is 0.583. The van der Waals surface area contributed by atoms with Crippen molar-refractivity contribution in [1.82, 2.24) is 15.3 Å². The van der Waals surface area contributed by atoms with Crippen LogP contribution in [-0.2, 0) is 4.79 Å². The molecule has 1 atom stereocenters. The van der Waals surface area contributed by atoms with Crippen LogP contribution >= 0.6 is 23.2 Å². The molecule has 7 heteroatoms. The molecule has 0 saturated carbocycles. The van der Waals surface area contributed by atoms with Crippen LogP contribution in [0.4, 0.5) is 5.82 Å². The third-order valence-electron chi connectivity index (χ3n) is 3.38. The van der Waals surface area contributed by atoms with E-state index < -0.39 is 0 Å². The summed E-state index contributed by atoms with van der Waals surface area (Å²) in [6, 6.07) is -0.272. The molecule has 1 amide bonds. The van der Waals surface area contributed by atoms with Gasteiger partial charge in [-0.1, -0.05) is 37.0 Å². The number of halogens is 2. The maximum absolute atomic E-state index is 12.3. The molecular weight excluding hydrogens is 287 g/mol. The van der Waals surface area contributed by atoms with Crippen molar-refractivity contribution in [3.8, 4) is 0 Å². The van der Waals surface area contributed by atoms with E-state index in [0.29, 0.717) is 0 Å². The number of hydrogen-bond donors (Lipinski definition) is 2. The molecule has 0 spiro atoms. The van der Waals surface area contributed by atoms with Gasteiger partial charge in [-0.05, 0) is 24.8 Å². The average molecular weight is 303 g/mol. The lowest BCUT2D eigenvalue weighted by molar-refractivity contribution is -0.121. The summed E-state index contributed by atoms with van der Waals surface area (Å²) in [6.45, 7) is 4.97. The summed E-state index contributed by atoms with van der Waals surface area (Å²) in [4.78, 5) is 20.0. The number of nitrogens with zero attached hydrogens (tertiary/aromatic N) is 2. The second-order valence-corrected chi connectivity index (χ2v) is 6.03. The van der Waals surface area contributed by atoms with Gasteiger partial charge in [0.05, 0.1) is 6.04 Å². The molecule has 2 N–H and O–H groups in total. The van der Waals surface area contributed by atoms with E-state index in [0.717, 1.165) is 19.4 Å². The van der Waals surface area contributed by atoms with Gasteiger partial charge >= 0.3 is 0 Å². The van der Waals surface area contributed by atoms with Crippen molar-refractivity contribution < 1.29 is 4.79 Å². The van der Waals surface area contributed by atoms with Crippen molar-refractivity contribution in [2.24, 2.45) is 5.41 Å². The minimum absolute atomic E-state index is 0.106. The van der Waals surface area contributed by atoms with Gasteiger partial charge in [-0.2, -0.15) is 0 Å². The standard InChI is InChI=1S/C12H16Cl2N4O/c1-12(2)4-3-5-15-8(12)11(19)18-10-7(13)9(14)16-6-17-10/h6,8,15H,3-5H2,1-2H3,(H,16,17,18,19). The molecule has 1 aromatic rings. The van der Waals surface area contributed by atoms with E-state index in [1.54, 1.807) is 0 Å². The molecule has 1 aromatic heterocycles. The van der Waals surface area contributed by atoms with Crippen LogP contribution in [0, 0.1) is 5.41 Å². The van der Waals surface area contributed by atoms with Crippen LogP contribution in [0.25, 0.3) is 0 Å². The second-order valence-electron chi connectivity index (χ2n) is 5.30. The van der Waals surface area contributed by atoms with Gasteiger partial charge in [0.15, 0.2) is 11.0 Å². The fourth-order valence-corrected chi connectivity index (χ4v) is 2.56. The largest absolute Gasteiger partial charge is 0.308 e. The first-order chi connectivity index (χ1) is 8.92. The summed E-state index contributed by atoms with van der Waals surface area (Å²) < 4.78 is 0. The Balaban J connectivity index is 2.14. The molecule has 1 aliphatic rings. The lowest BCUT2D eigenvalue weighted by Crippen LogP contribution is -2.53. The van der Waals surface area contributed by atoms with Crippen molar-refractivity contribution in [1.29, 1.82) is 0 Å². The number of piperidine rings is 1. The van der Waals surface area contributed by atoms with E-state index in [2.05, 4.69) is 34.4 Å². The quantitative estimate of drug-likeness (QED) is 0.824. The molecular formula is C12H16Cl2N4O. The zero-order chi connectivity index (χ0) is 14.0. The molecule has 0 bridgehead atoms. The SMILES string of the molecule is CC1(C)CCCNC1C(=O)Nc1ncnc(Cl)c1Cl. The van der Waals surface area contributed by atoms with Crippen LogP contribution in [0.3, 0.4) is 0 Å². The Morgan fingerprint density at radius 1 is 1.47 bits per heavy atom. The number of rotatable bonds is 2. The van der Waals surface area contributed by atoms with Crippen molar-refractivity contribution >= 4 is 34.9 Å². The maximum Gasteiger partial charge on any atom is 0.243 e. The number of aromatic nitrogens is 2.